The number of hydrogen-bond donors (Lipinski definition) is 2. The van der Waals surface area contributed by atoms with Crippen LogP contribution in [0.15, 0.2) is 118 Å². The van der Waals surface area contributed by atoms with E-state index in [4.69, 9.17) is 0 Å². The van der Waals surface area contributed by atoms with Crippen molar-refractivity contribution in [2.24, 2.45) is 0 Å². The summed E-state index contributed by atoms with van der Waals surface area (Å²) in [6.07, 6.45) is 25.9. The highest BCUT2D eigenvalue weighted by Gasteiger charge is 2.23. The van der Waals surface area contributed by atoms with Crippen molar-refractivity contribution in [3.05, 3.63) is 124 Å². The number of hydrogen-bond acceptors (Lipinski definition) is 8. The lowest BCUT2D eigenvalue weighted by Crippen LogP contribution is -2.47. The molecule has 1 aliphatic heterocycles. The Labute approximate surface area is 321 Å². The molecule has 2 aromatic carbocycles. The van der Waals surface area contributed by atoms with Crippen molar-refractivity contribution in [2.45, 2.75) is 62.8 Å². The van der Waals surface area contributed by atoms with Gasteiger partial charge >= 0.3 is 0 Å². The van der Waals surface area contributed by atoms with E-state index in [9.17, 15) is 13.2 Å². The fourth-order valence-corrected chi connectivity index (χ4v) is 9.33. The Morgan fingerprint density at radius 1 is 0.925 bits per heavy atom. The van der Waals surface area contributed by atoms with Crippen LogP contribution in [-0.4, -0.2) is 89.3 Å². The normalized spacial score (nSPS) is 18.6. The first-order valence-corrected chi connectivity index (χ1v) is 21.5. The maximum Gasteiger partial charge on any atom is 0.264 e. The van der Waals surface area contributed by atoms with Gasteiger partial charge in [-0.2, -0.15) is 0 Å². The van der Waals surface area contributed by atoms with Crippen LogP contribution in [0.25, 0.3) is 0 Å². The average molecular weight is 754 g/mol. The average Bonchev–Trinajstić information content (AvgIpc) is 3.17. The molecule has 0 aromatic heterocycles. The zero-order chi connectivity index (χ0) is 37.2. The lowest BCUT2D eigenvalue weighted by atomic mass is 9.87. The molecule has 1 fully saturated rings. The van der Waals surface area contributed by atoms with E-state index in [0.717, 1.165) is 107 Å². The second-order valence-corrected chi connectivity index (χ2v) is 17.4. The molecule has 2 N–H and O–H groups in total. The van der Waals surface area contributed by atoms with Gasteiger partial charge in [-0.15, -0.1) is 11.8 Å². The van der Waals surface area contributed by atoms with Crippen LogP contribution in [0.1, 0.15) is 60.9 Å². The summed E-state index contributed by atoms with van der Waals surface area (Å²) in [5, 5.41) is 3.66. The molecule has 8 nitrogen and oxygen atoms in total. The molecule has 282 valence electrons. The van der Waals surface area contributed by atoms with Crippen LogP contribution >= 0.6 is 11.8 Å². The number of sulfonamides is 1. The molecular weight excluding hydrogens is 699 g/mol. The Kier molecular flexibility index (Phi) is 13.6. The first-order chi connectivity index (χ1) is 25.6. The predicted octanol–water partition coefficient (Wildman–Crippen LogP) is 7.86. The van der Waals surface area contributed by atoms with E-state index < -0.39 is 15.9 Å². The number of piperazine rings is 1. The number of thioether (sulfide) groups is 1. The fraction of sp³-hybridized carbons (Fsp3) is 0.419. The second kappa shape index (κ2) is 18.5. The van der Waals surface area contributed by atoms with E-state index in [0.29, 0.717) is 5.56 Å². The molecule has 0 unspecified atom stereocenters. The van der Waals surface area contributed by atoms with E-state index in [1.807, 2.05) is 36.9 Å². The number of nitrogens with one attached hydrogen (secondary N) is 2. The molecular formula is C43H55N5O3S2. The van der Waals surface area contributed by atoms with Crippen molar-refractivity contribution >= 4 is 39.1 Å². The minimum atomic E-state index is -4.07. The number of benzene rings is 2. The van der Waals surface area contributed by atoms with Gasteiger partial charge in [0.1, 0.15) is 0 Å². The molecule has 1 amide bonds. The smallest absolute Gasteiger partial charge is 0.264 e. The molecule has 1 heterocycles. The van der Waals surface area contributed by atoms with E-state index in [1.165, 1.54) is 21.6 Å². The Morgan fingerprint density at radius 3 is 2.40 bits per heavy atom. The summed E-state index contributed by atoms with van der Waals surface area (Å²) >= 11 is 1.85. The summed E-state index contributed by atoms with van der Waals surface area (Å²) in [6, 6.07) is 12.5. The monoisotopic (exact) mass is 753 g/mol. The fourth-order valence-electron chi connectivity index (χ4n) is 7.20. The van der Waals surface area contributed by atoms with E-state index in [2.05, 4.69) is 87.4 Å². The van der Waals surface area contributed by atoms with Gasteiger partial charge in [0.05, 0.1) is 4.90 Å². The summed E-state index contributed by atoms with van der Waals surface area (Å²) in [4.78, 5) is 21.6. The molecule has 53 heavy (non-hydrogen) atoms. The standard InChI is InChI=1S/C43H55N5O3S2/c1-33-30-40(22-23-42(33)44-37(24-25-46(2)3)32-52-39-15-8-5-9-16-39)53(50,51)45-43(49)35-18-20-38(21-19-35)48-28-26-47(27-29-48)31-36-14-10-11-17-41(36)34-12-6-4-7-13-34/h4,6,8,12,14-23,30,37,44H,5,7,9-11,13,24-29,31-32H2,1-3H3,(H,45,49)/t37-/m1/s1. The van der Waals surface area contributed by atoms with Gasteiger partial charge in [0, 0.05) is 66.4 Å². The lowest BCUT2D eigenvalue weighted by molar-refractivity contribution is 0.0981. The van der Waals surface area contributed by atoms with Crippen LogP contribution in [0.4, 0.5) is 11.4 Å². The maximum atomic E-state index is 13.4. The maximum absolute atomic E-state index is 13.4. The van der Waals surface area contributed by atoms with E-state index >= 15 is 0 Å². The molecule has 6 rings (SSSR count). The number of rotatable bonds is 15. The number of allylic oxidation sites excluding steroid dienone is 9. The summed E-state index contributed by atoms with van der Waals surface area (Å²) in [6.45, 7) is 7.53. The minimum absolute atomic E-state index is 0.0685. The summed E-state index contributed by atoms with van der Waals surface area (Å²) < 4.78 is 29.0. The number of nitrogens with zero attached hydrogens (tertiary/aromatic N) is 3. The molecule has 1 atom stereocenters. The minimum Gasteiger partial charge on any atom is -0.381 e. The number of aryl methyl sites for hydroxylation is 1. The van der Waals surface area contributed by atoms with Crippen molar-refractivity contribution < 1.29 is 13.2 Å². The zero-order valence-corrected chi connectivity index (χ0v) is 33.2. The van der Waals surface area contributed by atoms with E-state index in [-0.39, 0.29) is 10.9 Å². The quantitative estimate of drug-likeness (QED) is 0.190. The van der Waals surface area contributed by atoms with E-state index in [1.54, 1.807) is 24.3 Å². The van der Waals surface area contributed by atoms with Crippen LogP contribution in [-0.2, 0) is 10.0 Å². The summed E-state index contributed by atoms with van der Waals surface area (Å²) in [7, 11) is 0.0794. The van der Waals surface area contributed by atoms with Crippen LogP contribution in [0.2, 0.25) is 0 Å². The highest BCUT2D eigenvalue weighted by molar-refractivity contribution is 8.03. The molecule has 2 aromatic rings. The van der Waals surface area contributed by atoms with Crippen molar-refractivity contribution in [2.75, 3.05) is 69.3 Å². The van der Waals surface area contributed by atoms with Gasteiger partial charge in [0.2, 0.25) is 0 Å². The van der Waals surface area contributed by atoms with Crippen LogP contribution in [0.5, 0.6) is 0 Å². The van der Waals surface area contributed by atoms with Crippen molar-refractivity contribution in [1.29, 1.82) is 0 Å². The van der Waals surface area contributed by atoms with Gasteiger partial charge < -0.3 is 15.1 Å². The van der Waals surface area contributed by atoms with Crippen molar-refractivity contribution in [3.63, 3.8) is 0 Å². The third-order valence-corrected chi connectivity index (χ3v) is 12.8. The molecule has 3 aliphatic carbocycles. The van der Waals surface area contributed by atoms with Crippen molar-refractivity contribution in [1.82, 2.24) is 14.5 Å². The third kappa shape index (κ3) is 10.9. The molecule has 10 heteroatoms. The van der Waals surface area contributed by atoms with Gasteiger partial charge in [0.15, 0.2) is 0 Å². The summed E-state index contributed by atoms with van der Waals surface area (Å²) in [5.41, 5.74) is 7.42. The topological polar surface area (TPSA) is 85.0 Å². The molecule has 0 bridgehead atoms. The Balaban J connectivity index is 1.01. The Morgan fingerprint density at radius 2 is 1.70 bits per heavy atom. The number of carbonyl (C=O) groups is 1. The number of anilines is 2. The SMILES string of the molecule is Cc1cc(S(=O)(=O)NC(=O)c2ccc(N3CCN(CC4=CCCC=C4C4=CC=CCC4)CC3)cc2)ccc1N[C@H](CCN(C)C)CSC1=CCCC=C1. The van der Waals surface area contributed by atoms with Gasteiger partial charge in [-0.25, -0.2) is 13.1 Å². The first kappa shape index (κ1) is 38.9. The molecule has 0 radical (unpaired) electrons. The van der Waals surface area contributed by atoms with Crippen LogP contribution < -0.4 is 14.9 Å². The lowest BCUT2D eigenvalue weighted by Gasteiger charge is -2.37. The number of carbonyl (C=O) groups excluding carboxylic acids is 1. The van der Waals surface area contributed by atoms with Crippen LogP contribution in [0, 0.1) is 6.92 Å². The van der Waals surface area contributed by atoms with Gasteiger partial charge in [-0.3, -0.25) is 9.69 Å². The molecule has 0 spiro atoms. The molecule has 4 aliphatic rings. The Bertz CT molecular complexity index is 1900. The third-order valence-electron chi connectivity index (χ3n) is 10.3. The van der Waals surface area contributed by atoms with Crippen molar-refractivity contribution in [3.8, 4) is 0 Å². The van der Waals surface area contributed by atoms with Gasteiger partial charge in [-0.05, 0) is 137 Å². The predicted molar refractivity (Wildman–Crippen MR) is 222 cm³/mol. The second-order valence-electron chi connectivity index (χ2n) is 14.6. The number of amides is 1. The van der Waals surface area contributed by atoms with Crippen LogP contribution in [0.3, 0.4) is 0 Å². The molecule has 0 saturated carbocycles. The zero-order valence-electron chi connectivity index (χ0n) is 31.5. The largest absolute Gasteiger partial charge is 0.381 e. The molecule has 1 saturated heterocycles. The Hall–Kier alpha value is -3.83. The highest BCUT2D eigenvalue weighted by Crippen LogP contribution is 2.31. The highest BCUT2D eigenvalue weighted by atomic mass is 32.2. The summed E-state index contributed by atoms with van der Waals surface area (Å²) in [5.74, 6) is 0.268. The first-order valence-electron chi connectivity index (χ1n) is 19.1. The van der Waals surface area contributed by atoms with Gasteiger partial charge in [-0.1, -0.05) is 48.6 Å². The van der Waals surface area contributed by atoms with Gasteiger partial charge in [0.25, 0.3) is 15.9 Å².